The van der Waals surface area contributed by atoms with Crippen LogP contribution < -0.4 is 15.0 Å². The average Bonchev–Trinajstić information content (AvgIpc) is 2.79. The summed E-state index contributed by atoms with van der Waals surface area (Å²) in [4.78, 5) is 25.5. The predicted molar refractivity (Wildman–Crippen MR) is 115 cm³/mol. The van der Waals surface area contributed by atoms with Crippen LogP contribution in [-0.4, -0.2) is 29.7 Å². The molecule has 0 aliphatic heterocycles. The molecule has 0 saturated heterocycles. The molecule has 0 amide bonds. The van der Waals surface area contributed by atoms with Crippen molar-refractivity contribution in [1.29, 1.82) is 5.26 Å². The van der Waals surface area contributed by atoms with Crippen molar-refractivity contribution < 1.29 is 19.4 Å². The molecule has 0 atom stereocenters. The molecule has 0 radical (unpaired) electrons. The molecule has 0 aliphatic carbocycles. The van der Waals surface area contributed by atoms with Crippen molar-refractivity contribution in [3.63, 3.8) is 0 Å². The van der Waals surface area contributed by atoms with E-state index in [9.17, 15) is 20.0 Å². The number of ketones is 1. The minimum absolute atomic E-state index is 0.0125. The normalized spacial score (nSPS) is 10.4. The van der Waals surface area contributed by atoms with Crippen molar-refractivity contribution in [2.45, 2.75) is 13.0 Å². The van der Waals surface area contributed by atoms with Gasteiger partial charge < -0.3 is 19.1 Å². The van der Waals surface area contributed by atoms with E-state index in [0.717, 1.165) is 5.56 Å². The van der Waals surface area contributed by atoms with Crippen LogP contribution in [0.2, 0.25) is 5.02 Å². The molecule has 3 rings (SSSR count). The second-order valence-corrected chi connectivity index (χ2v) is 7.12. The molecule has 0 bridgehead atoms. The van der Waals surface area contributed by atoms with Crippen LogP contribution in [0.25, 0.3) is 0 Å². The summed E-state index contributed by atoms with van der Waals surface area (Å²) in [5, 5.41) is 19.7. The molecule has 0 spiro atoms. The van der Waals surface area contributed by atoms with Gasteiger partial charge in [-0.05, 0) is 48.4 Å². The first kappa shape index (κ1) is 21.9. The van der Waals surface area contributed by atoms with Gasteiger partial charge in [0.1, 0.15) is 17.4 Å². The third kappa shape index (κ3) is 4.71. The molecule has 1 aromatic heterocycles. The van der Waals surface area contributed by atoms with E-state index in [0.29, 0.717) is 17.9 Å². The lowest BCUT2D eigenvalue weighted by Gasteiger charge is -2.12. The van der Waals surface area contributed by atoms with Crippen LogP contribution in [0.15, 0.2) is 53.5 Å². The second-order valence-electron chi connectivity index (χ2n) is 6.68. The van der Waals surface area contributed by atoms with Gasteiger partial charge in [-0.15, -0.1) is 0 Å². The van der Waals surface area contributed by atoms with Gasteiger partial charge in [0.05, 0.1) is 19.8 Å². The van der Waals surface area contributed by atoms with Crippen LogP contribution in [0.1, 0.15) is 27.0 Å². The Hall–Kier alpha value is -3.76. The van der Waals surface area contributed by atoms with Gasteiger partial charge in [-0.3, -0.25) is 9.59 Å². The molecule has 1 N–H and O–H groups in total. The molecule has 0 fully saturated rings. The van der Waals surface area contributed by atoms with Crippen molar-refractivity contribution in [1.82, 2.24) is 4.57 Å². The molecule has 0 aliphatic rings. The third-order valence-corrected chi connectivity index (χ3v) is 5.00. The van der Waals surface area contributed by atoms with Gasteiger partial charge in [0, 0.05) is 23.3 Å². The number of hydrogen-bond donors (Lipinski definition) is 1. The Kier molecular flexibility index (Phi) is 6.63. The van der Waals surface area contributed by atoms with E-state index in [4.69, 9.17) is 21.1 Å². The van der Waals surface area contributed by atoms with Crippen molar-refractivity contribution in [3.05, 3.63) is 86.3 Å². The van der Waals surface area contributed by atoms with Crippen molar-refractivity contribution in [2.75, 3.05) is 14.2 Å². The first-order valence-corrected chi connectivity index (χ1v) is 9.64. The van der Waals surface area contributed by atoms with Crippen LogP contribution >= 0.6 is 11.6 Å². The molecule has 1 heterocycles. The maximum Gasteiger partial charge on any atom is 0.268 e. The standard InChI is InChI=1S/C23H19ClN2O5/c1-30-20-6-3-14(9-21(20)31-2)7-8-26-13-16(10-15(12-25)23(26)29)22(28)18-11-17(24)4-5-19(18)27/h3-6,9-11,13,27H,7-8H2,1-2H3. The Morgan fingerprint density at radius 1 is 1.13 bits per heavy atom. The van der Waals surface area contributed by atoms with Gasteiger partial charge in [0.25, 0.3) is 5.56 Å². The lowest BCUT2D eigenvalue weighted by Crippen LogP contribution is -2.25. The van der Waals surface area contributed by atoms with Crippen LogP contribution in [-0.2, 0) is 13.0 Å². The van der Waals surface area contributed by atoms with Crippen molar-refractivity contribution in [2.24, 2.45) is 0 Å². The molecule has 2 aromatic carbocycles. The van der Waals surface area contributed by atoms with Gasteiger partial charge in [0.2, 0.25) is 0 Å². The van der Waals surface area contributed by atoms with E-state index in [1.807, 2.05) is 12.1 Å². The Balaban J connectivity index is 1.95. The highest BCUT2D eigenvalue weighted by Gasteiger charge is 2.18. The Bertz CT molecular complexity index is 1240. The van der Waals surface area contributed by atoms with E-state index in [1.165, 1.54) is 42.1 Å². The van der Waals surface area contributed by atoms with Gasteiger partial charge in [-0.2, -0.15) is 5.26 Å². The van der Waals surface area contributed by atoms with Crippen LogP contribution in [0.3, 0.4) is 0 Å². The lowest BCUT2D eigenvalue weighted by molar-refractivity contribution is 0.103. The lowest BCUT2D eigenvalue weighted by atomic mass is 10.0. The predicted octanol–water partition coefficient (Wildman–Crippen LogP) is 3.57. The van der Waals surface area contributed by atoms with E-state index in [-0.39, 0.29) is 34.0 Å². The number of carbonyl (C=O) groups is 1. The minimum Gasteiger partial charge on any atom is -0.507 e. The number of aryl methyl sites for hydroxylation is 2. The number of nitriles is 1. The molecule has 31 heavy (non-hydrogen) atoms. The SMILES string of the molecule is COc1ccc(CCn2cc(C(=O)c3cc(Cl)ccc3O)cc(C#N)c2=O)cc1OC. The zero-order valence-electron chi connectivity index (χ0n) is 16.9. The molecular weight excluding hydrogens is 420 g/mol. The highest BCUT2D eigenvalue weighted by molar-refractivity contribution is 6.31. The number of hydrogen-bond acceptors (Lipinski definition) is 6. The maximum atomic E-state index is 12.9. The Morgan fingerprint density at radius 3 is 2.55 bits per heavy atom. The van der Waals surface area contributed by atoms with Crippen molar-refractivity contribution in [3.8, 4) is 23.3 Å². The summed E-state index contributed by atoms with van der Waals surface area (Å²) in [7, 11) is 3.08. The quantitative estimate of drug-likeness (QED) is 0.566. The number of methoxy groups -OCH3 is 2. The number of phenols is 1. The molecule has 0 saturated carbocycles. The number of carbonyl (C=O) groups excluding carboxylic acids is 1. The first-order valence-electron chi connectivity index (χ1n) is 9.26. The number of aromatic hydroxyl groups is 1. The zero-order valence-corrected chi connectivity index (χ0v) is 17.6. The van der Waals surface area contributed by atoms with E-state index in [1.54, 1.807) is 19.2 Å². The summed E-state index contributed by atoms with van der Waals surface area (Å²) in [5.41, 5.74) is 0.296. The van der Waals surface area contributed by atoms with Gasteiger partial charge in [0.15, 0.2) is 17.3 Å². The largest absolute Gasteiger partial charge is 0.507 e. The van der Waals surface area contributed by atoms with Crippen LogP contribution in [0, 0.1) is 11.3 Å². The van der Waals surface area contributed by atoms with E-state index < -0.39 is 11.3 Å². The van der Waals surface area contributed by atoms with Gasteiger partial charge >= 0.3 is 0 Å². The summed E-state index contributed by atoms with van der Waals surface area (Å²) >= 11 is 5.94. The second kappa shape index (κ2) is 9.37. The number of rotatable bonds is 7. The number of ether oxygens (including phenoxy) is 2. The summed E-state index contributed by atoms with van der Waals surface area (Å²) in [6, 6.07) is 12.6. The number of pyridine rings is 1. The van der Waals surface area contributed by atoms with E-state index >= 15 is 0 Å². The summed E-state index contributed by atoms with van der Waals surface area (Å²) in [6.07, 6.45) is 1.83. The molecule has 3 aromatic rings. The highest BCUT2D eigenvalue weighted by Crippen LogP contribution is 2.28. The van der Waals surface area contributed by atoms with Gasteiger partial charge in [-0.1, -0.05) is 17.7 Å². The topological polar surface area (TPSA) is 102 Å². The fraction of sp³-hybridized carbons (Fsp3) is 0.174. The fourth-order valence-electron chi connectivity index (χ4n) is 3.14. The van der Waals surface area contributed by atoms with Crippen LogP contribution in [0.4, 0.5) is 0 Å². The molecule has 8 heteroatoms. The number of phenolic OH excluding ortho intramolecular Hbond substituents is 1. The third-order valence-electron chi connectivity index (χ3n) is 4.76. The summed E-state index contributed by atoms with van der Waals surface area (Å²) < 4.78 is 11.8. The first-order chi connectivity index (χ1) is 14.9. The zero-order chi connectivity index (χ0) is 22.5. The Labute approximate surface area is 183 Å². The van der Waals surface area contributed by atoms with E-state index in [2.05, 4.69) is 0 Å². The number of halogens is 1. The summed E-state index contributed by atoms with van der Waals surface area (Å²) in [6.45, 7) is 0.228. The molecule has 0 unspecified atom stereocenters. The molecular formula is C23H19ClN2O5. The smallest absolute Gasteiger partial charge is 0.268 e. The summed E-state index contributed by atoms with van der Waals surface area (Å²) in [5.74, 6) is 0.363. The molecule has 7 nitrogen and oxygen atoms in total. The van der Waals surface area contributed by atoms with Gasteiger partial charge in [-0.25, -0.2) is 0 Å². The highest BCUT2D eigenvalue weighted by atomic mass is 35.5. The Morgan fingerprint density at radius 2 is 1.87 bits per heavy atom. The minimum atomic E-state index is -0.545. The fourth-order valence-corrected chi connectivity index (χ4v) is 3.31. The molecule has 158 valence electrons. The van der Waals surface area contributed by atoms with Crippen molar-refractivity contribution >= 4 is 17.4 Å². The number of aromatic nitrogens is 1. The number of nitrogens with zero attached hydrogens (tertiary/aromatic N) is 2. The number of benzene rings is 2. The average molecular weight is 439 g/mol. The maximum absolute atomic E-state index is 12.9. The van der Waals surface area contributed by atoms with Crippen LogP contribution in [0.5, 0.6) is 17.2 Å². The monoisotopic (exact) mass is 438 g/mol.